The third-order valence-electron chi connectivity index (χ3n) is 4.60. The van der Waals surface area contributed by atoms with Gasteiger partial charge in [0.05, 0.1) is 18.1 Å². The maximum atomic E-state index is 12.6. The molecule has 4 rings (SSSR count). The van der Waals surface area contributed by atoms with Gasteiger partial charge in [0.25, 0.3) is 0 Å². The van der Waals surface area contributed by atoms with Crippen LogP contribution in [0.5, 0.6) is 0 Å². The van der Waals surface area contributed by atoms with Gasteiger partial charge < -0.3 is 9.88 Å². The lowest BCUT2D eigenvalue weighted by Gasteiger charge is -2.20. The second-order valence-corrected chi connectivity index (χ2v) is 6.67. The number of imidazole rings is 1. The third-order valence-corrected chi connectivity index (χ3v) is 4.60. The van der Waals surface area contributed by atoms with E-state index in [2.05, 4.69) is 20.7 Å². The Hall–Kier alpha value is -3.09. The zero-order valence-electron chi connectivity index (χ0n) is 14.7. The number of benzene rings is 1. The molecule has 1 atom stereocenters. The van der Waals surface area contributed by atoms with Gasteiger partial charge in [-0.2, -0.15) is 5.10 Å². The number of rotatable bonds is 6. The molecule has 1 aliphatic carbocycles. The van der Waals surface area contributed by atoms with Crippen molar-refractivity contribution in [1.29, 1.82) is 0 Å². The smallest absolute Gasteiger partial charge is 0.320 e. The number of aromatic nitrogens is 4. The molecule has 7 heteroatoms. The Morgan fingerprint density at radius 1 is 1.31 bits per heavy atom. The van der Waals surface area contributed by atoms with Gasteiger partial charge in [0.15, 0.2) is 0 Å². The Balaban J connectivity index is 1.47. The fraction of sp³-hybridized carbons (Fsp3) is 0.316. The van der Waals surface area contributed by atoms with Gasteiger partial charge in [-0.1, -0.05) is 30.3 Å². The minimum absolute atomic E-state index is 0.165. The van der Waals surface area contributed by atoms with E-state index in [9.17, 15) is 4.79 Å². The van der Waals surface area contributed by atoms with Gasteiger partial charge >= 0.3 is 6.03 Å². The van der Waals surface area contributed by atoms with Crippen molar-refractivity contribution in [3.63, 3.8) is 0 Å². The molecule has 0 spiro atoms. The molecule has 1 fully saturated rings. The summed E-state index contributed by atoms with van der Waals surface area (Å²) in [6.45, 7) is 0.607. The van der Waals surface area contributed by atoms with Crippen LogP contribution in [0.2, 0.25) is 0 Å². The molecule has 0 bridgehead atoms. The molecule has 2 aromatic heterocycles. The lowest BCUT2D eigenvalue weighted by molar-refractivity contribution is 0.247. The van der Waals surface area contributed by atoms with Gasteiger partial charge in [0.1, 0.15) is 5.82 Å². The SMILES string of the molecule is Cn1nc(C2CC2)cc1NC(=O)N[C@@H](Cn1ccnc1)c1ccccc1. The zero-order valence-corrected chi connectivity index (χ0v) is 14.7. The fourth-order valence-corrected chi connectivity index (χ4v) is 3.02. The van der Waals surface area contributed by atoms with Crippen LogP contribution in [0, 0.1) is 0 Å². The zero-order chi connectivity index (χ0) is 17.9. The highest BCUT2D eigenvalue weighted by Gasteiger charge is 2.27. The lowest BCUT2D eigenvalue weighted by atomic mass is 10.1. The maximum absolute atomic E-state index is 12.6. The van der Waals surface area contributed by atoms with Crippen molar-refractivity contribution in [2.45, 2.75) is 31.3 Å². The number of amides is 2. The first-order chi connectivity index (χ1) is 12.7. The van der Waals surface area contributed by atoms with Crippen molar-refractivity contribution < 1.29 is 4.79 Å². The first kappa shape index (κ1) is 16.4. The second-order valence-electron chi connectivity index (χ2n) is 6.67. The van der Waals surface area contributed by atoms with Crippen LogP contribution < -0.4 is 10.6 Å². The Morgan fingerprint density at radius 3 is 2.81 bits per heavy atom. The molecule has 7 nitrogen and oxygen atoms in total. The fourth-order valence-electron chi connectivity index (χ4n) is 3.02. The van der Waals surface area contributed by atoms with Gasteiger partial charge in [-0.05, 0) is 18.4 Å². The van der Waals surface area contributed by atoms with Crippen LogP contribution in [0.1, 0.15) is 36.1 Å². The van der Waals surface area contributed by atoms with Gasteiger partial charge in [-0.25, -0.2) is 9.78 Å². The summed E-state index contributed by atoms with van der Waals surface area (Å²) in [5.74, 6) is 1.26. The topological polar surface area (TPSA) is 76.8 Å². The Bertz CT molecular complexity index is 867. The van der Waals surface area contributed by atoms with Crippen LogP contribution in [-0.4, -0.2) is 25.4 Å². The normalized spacial score (nSPS) is 14.8. The highest BCUT2D eigenvalue weighted by Crippen LogP contribution is 2.39. The molecule has 2 heterocycles. The molecular formula is C19H22N6O. The van der Waals surface area contributed by atoms with Crippen LogP contribution in [-0.2, 0) is 13.6 Å². The summed E-state index contributed by atoms with van der Waals surface area (Å²) in [4.78, 5) is 16.7. The molecule has 0 unspecified atom stereocenters. The standard InChI is InChI=1S/C19H22N6O/c1-24-18(11-16(23-24)15-7-8-15)22-19(26)21-17(12-25-10-9-20-13-25)14-5-3-2-4-6-14/h2-6,9-11,13,15,17H,7-8,12H2,1H3,(H2,21,22,26)/t17-/m0/s1. The molecule has 26 heavy (non-hydrogen) atoms. The van der Waals surface area contributed by atoms with Crippen LogP contribution >= 0.6 is 0 Å². The average molecular weight is 350 g/mol. The Morgan fingerprint density at radius 2 is 2.12 bits per heavy atom. The van der Waals surface area contributed by atoms with Crippen molar-refractivity contribution >= 4 is 11.8 Å². The van der Waals surface area contributed by atoms with Crippen LogP contribution in [0.4, 0.5) is 10.6 Å². The predicted octanol–water partition coefficient (Wildman–Crippen LogP) is 3.06. The van der Waals surface area contributed by atoms with Crippen molar-refractivity contribution in [2.75, 3.05) is 5.32 Å². The van der Waals surface area contributed by atoms with Gasteiger partial charge in [0, 0.05) is 38.0 Å². The molecular weight excluding hydrogens is 328 g/mol. The summed E-state index contributed by atoms with van der Waals surface area (Å²) < 4.78 is 3.67. The number of anilines is 1. The molecule has 1 saturated carbocycles. The highest BCUT2D eigenvalue weighted by molar-refractivity contribution is 5.88. The molecule has 134 valence electrons. The number of carbonyl (C=O) groups excluding carboxylic acids is 1. The average Bonchev–Trinajstić information content (AvgIpc) is 3.26. The van der Waals surface area contributed by atoms with E-state index in [1.165, 1.54) is 12.8 Å². The summed E-state index contributed by atoms with van der Waals surface area (Å²) in [5.41, 5.74) is 2.10. The highest BCUT2D eigenvalue weighted by atomic mass is 16.2. The minimum atomic E-state index is -0.246. The monoisotopic (exact) mass is 350 g/mol. The van der Waals surface area contributed by atoms with Crippen molar-refractivity contribution in [1.82, 2.24) is 24.6 Å². The molecule has 0 aliphatic heterocycles. The van der Waals surface area contributed by atoms with Crippen LogP contribution in [0.25, 0.3) is 0 Å². The number of hydrogen-bond donors (Lipinski definition) is 2. The van der Waals surface area contributed by atoms with Crippen LogP contribution in [0.15, 0.2) is 55.1 Å². The number of nitrogens with one attached hydrogen (secondary N) is 2. The Labute approximate surface area is 152 Å². The van der Waals surface area contributed by atoms with E-state index in [0.717, 1.165) is 11.3 Å². The lowest BCUT2D eigenvalue weighted by Crippen LogP contribution is -2.35. The van der Waals surface area contributed by atoms with Gasteiger partial charge in [0.2, 0.25) is 0 Å². The van der Waals surface area contributed by atoms with E-state index in [4.69, 9.17) is 0 Å². The van der Waals surface area contributed by atoms with Crippen molar-refractivity contribution in [2.24, 2.45) is 7.05 Å². The summed E-state index contributed by atoms with van der Waals surface area (Å²) in [6, 6.07) is 11.5. The van der Waals surface area contributed by atoms with Gasteiger partial charge in [-0.15, -0.1) is 0 Å². The summed E-state index contributed by atoms with van der Waals surface area (Å²) in [5, 5.41) is 10.5. The number of aryl methyl sites for hydroxylation is 1. The quantitative estimate of drug-likeness (QED) is 0.717. The summed E-state index contributed by atoms with van der Waals surface area (Å²) in [7, 11) is 1.85. The molecule has 1 aromatic carbocycles. The number of urea groups is 1. The largest absolute Gasteiger partial charge is 0.335 e. The van der Waals surface area contributed by atoms with Crippen LogP contribution in [0.3, 0.4) is 0 Å². The number of carbonyl (C=O) groups is 1. The predicted molar refractivity (Wildman–Crippen MR) is 98.7 cm³/mol. The van der Waals surface area contributed by atoms with E-state index < -0.39 is 0 Å². The Kier molecular flexibility index (Phi) is 4.43. The molecule has 0 radical (unpaired) electrons. The number of nitrogens with zero attached hydrogens (tertiary/aromatic N) is 4. The molecule has 2 amide bonds. The molecule has 2 N–H and O–H groups in total. The first-order valence-corrected chi connectivity index (χ1v) is 8.81. The van der Waals surface area contributed by atoms with Gasteiger partial charge in [-0.3, -0.25) is 10.00 Å². The maximum Gasteiger partial charge on any atom is 0.320 e. The van der Waals surface area contributed by atoms with E-state index in [1.807, 2.05) is 54.2 Å². The van der Waals surface area contributed by atoms with E-state index in [-0.39, 0.29) is 12.1 Å². The number of hydrogen-bond acceptors (Lipinski definition) is 3. The van der Waals surface area contributed by atoms with E-state index in [1.54, 1.807) is 17.2 Å². The third kappa shape index (κ3) is 3.77. The second kappa shape index (κ2) is 7.03. The molecule has 0 saturated heterocycles. The molecule has 1 aliphatic rings. The summed E-state index contributed by atoms with van der Waals surface area (Å²) in [6.07, 6.45) is 7.74. The summed E-state index contributed by atoms with van der Waals surface area (Å²) >= 11 is 0. The molecule has 3 aromatic rings. The van der Waals surface area contributed by atoms with E-state index in [0.29, 0.717) is 18.3 Å². The van der Waals surface area contributed by atoms with Crippen molar-refractivity contribution in [3.8, 4) is 0 Å². The minimum Gasteiger partial charge on any atom is -0.335 e. The van der Waals surface area contributed by atoms with Crippen molar-refractivity contribution in [3.05, 3.63) is 66.4 Å². The van der Waals surface area contributed by atoms with E-state index >= 15 is 0 Å². The first-order valence-electron chi connectivity index (χ1n) is 8.81.